The van der Waals surface area contributed by atoms with Gasteiger partial charge < -0.3 is 10.4 Å². The van der Waals surface area contributed by atoms with E-state index >= 15 is 0 Å². The van der Waals surface area contributed by atoms with Crippen LogP contribution in [0.3, 0.4) is 0 Å². The Morgan fingerprint density at radius 1 is 1.08 bits per heavy atom. The molecule has 0 atom stereocenters. The van der Waals surface area contributed by atoms with Crippen molar-refractivity contribution < 1.29 is 5.11 Å². The molecule has 2 nitrogen and oxygen atoms in total. The molecule has 0 aromatic heterocycles. The molecule has 0 unspecified atom stereocenters. The van der Waals surface area contributed by atoms with Crippen LogP contribution in [0.25, 0.3) is 0 Å². The molecule has 1 rings (SSSR count). The fourth-order valence-corrected chi connectivity index (χ4v) is 2.10. The van der Waals surface area contributed by atoms with Crippen molar-refractivity contribution >= 4 is 0 Å². The maximum Gasteiger partial charge on any atom is 0.0771 e. The molecule has 0 aromatic carbocycles. The Labute approximate surface area is 81.7 Å². The average molecular weight is 185 g/mol. The van der Waals surface area contributed by atoms with Crippen LogP contribution in [0.1, 0.15) is 51.9 Å². The molecule has 0 aromatic rings. The summed E-state index contributed by atoms with van der Waals surface area (Å²) in [5.41, 5.74) is -0.406. The fourth-order valence-electron chi connectivity index (χ4n) is 2.10. The highest BCUT2D eigenvalue weighted by Gasteiger charge is 2.26. The molecule has 0 amide bonds. The number of hydrogen-bond acceptors (Lipinski definition) is 2. The summed E-state index contributed by atoms with van der Waals surface area (Å²) in [6.45, 7) is 3.83. The van der Waals surface area contributed by atoms with E-state index in [1.54, 1.807) is 0 Å². The minimum absolute atomic E-state index is 0.406. The third kappa shape index (κ3) is 4.10. The van der Waals surface area contributed by atoms with Crippen LogP contribution in [0.5, 0.6) is 0 Å². The van der Waals surface area contributed by atoms with E-state index in [9.17, 15) is 5.11 Å². The summed E-state index contributed by atoms with van der Waals surface area (Å²) in [5, 5.41) is 13.5. The van der Waals surface area contributed by atoms with Gasteiger partial charge in [-0.05, 0) is 19.4 Å². The Kier molecular flexibility index (Phi) is 4.74. The normalized spacial score (nSPS) is 23.5. The van der Waals surface area contributed by atoms with Crippen LogP contribution in [0.4, 0.5) is 0 Å². The molecule has 1 saturated carbocycles. The monoisotopic (exact) mass is 185 g/mol. The number of nitrogens with one attached hydrogen (secondary N) is 1. The Bertz CT molecular complexity index is 123. The van der Waals surface area contributed by atoms with E-state index in [-0.39, 0.29) is 0 Å². The van der Waals surface area contributed by atoms with E-state index in [2.05, 4.69) is 12.2 Å². The second-order valence-electron chi connectivity index (χ2n) is 4.27. The van der Waals surface area contributed by atoms with Gasteiger partial charge in [0.15, 0.2) is 0 Å². The molecule has 13 heavy (non-hydrogen) atoms. The Balaban J connectivity index is 2.32. The van der Waals surface area contributed by atoms with E-state index in [0.717, 1.165) is 25.9 Å². The van der Waals surface area contributed by atoms with Gasteiger partial charge in [-0.25, -0.2) is 0 Å². The van der Waals surface area contributed by atoms with Crippen molar-refractivity contribution in [2.75, 3.05) is 13.1 Å². The lowest BCUT2D eigenvalue weighted by atomic mass is 9.87. The Morgan fingerprint density at radius 2 is 1.62 bits per heavy atom. The highest BCUT2D eigenvalue weighted by Crippen LogP contribution is 2.25. The number of aliphatic hydroxyl groups is 1. The van der Waals surface area contributed by atoms with Gasteiger partial charge in [0.25, 0.3) is 0 Å². The SMILES string of the molecule is CCNCC1(O)CCCCCCC1. The summed E-state index contributed by atoms with van der Waals surface area (Å²) in [4.78, 5) is 0. The molecule has 0 bridgehead atoms. The van der Waals surface area contributed by atoms with Gasteiger partial charge in [-0.2, -0.15) is 0 Å². The predicted octanol–water partition coefficient (Wildman–Crippen LogP) is 2.07. The van der Waals surface area contributed by atoms with Crippen LogP contribution in [0, 0.1) is 0 Å². The topological polar surface area (TPSA) is 32.3 Å². The van der Waals surface area contributed by atoms with Crippen LogP contribution in [-0.4, -0.2) is 23.8 Å². The van der Waals surface area contributed by atoms with Crippen molar-refractivity contribution in [3.8, 4) is 0 Å². The standard InChI is InChI=1S/C11H23NO/c1-2-12-10-11(13)8-6-4-3-5-7-9-11/h12-13H,2-10H2,1H3. The van der Waals surface area contributed by atoms with Crippen LogP contribution in [0.2, 0.25) is 0 Å². The molecule has 0 spiro atoms. The van der Waals surface area contributed by atoms with Crippen molar-refractivity contribution in [3.05, 3.63) is 0 Å². The van der Waals surface area contributed by atoms with Gasteiger partial charge in [0.1, 0.15) is 0 Å². The maximum atomic E-state index is 10.2. The Hall–Kier alpha value is -0.0800. The first kappa shape index (κ1) is 11.0. The van der Waals surface area contributed by atoms with Gasteiger partial charge in [0.05, 0.1) is 5.60 Å². The van der Waals surface area contributed by atoms with Crippen LogP contribution in [-0.2, 0) is 0 Å². The minimum Gasteiger partial charge on any atom is -0.389 e. The fraction of sp³-hybridized carbons (Fsp3) is 1.00. The number of rotatable bonds is 3. The van der Waals surface area contributed by atoms with Crippen molar-refractivity contribution in [3.63, 3.8) is 0 Å². The molecule has 78 valence electrons. The molecule has 1 aliphatic rings. The lowest BCUT2D eigenvalue weighted by molar-refractivity contribution is 0.0152. The van der Waals surface area contributed by atoms with Gasteiger partial charge in [0, 0.05) is 6.54 Å². The van der Waals surface area contributed by atoms with Crippen molar-refractivity contribution in [2.45, 2.75) is 57.5 Å². The van der Waals surface area contributed by atoms with Gasteiger partial charge in [0.2, 0.25) is 0 Å². The van der Waals surface area contributed by atoms with Gasteiger partial charge in [-0.3, -0.25) is 0 Å². The number of likely N-dealkylation sites (N-methyl/N-ethyl adjacent to an activating group) is 1. The van der Waals surface area contributed by atoms with E-state index < -0.39 is 5.60 Å². The van der Waals surface area contributed by atoms with E-state index in [1.165, 1.54) is 32.1 Å². The van der Waals surface area contributed by atoms with Crippen molar-refractivity contribution in [1.82, 2.24) is 5.32 Å². The highest BCUT2D eigenvalue weighted by atomic mass is 16.3. The molecule has 0 heterocycles. The molecule has 0 saturated heterocycles. The zero-order valence-corrected chi connectivity index (χ0v) is 8.81. The molecule has 0 aliphatic heterocycles. The minimum atomic E-state index is -0.406. The first-order valence-corrected chi connectivity index (χ1v) is 5.70. The van der Waals surface area contributed by atoms with Gasteiger partial charge >= 0.3 is 0 Å². The van der Waals surface area contributed by atoms with Crippen molar-refractivity contribution in [1.29, 1.82) is 0 Å². The predicted molar refractivity (Wildman–Crippen MR) is 55.8 cm³/mol. The second-order valence-corrected chi connectivity index (χ2v) is 4.27. The zero-order chi connectivity index (χ0) is 9.57. The first-order chi connectivity index (χ1) is 6.27. The molecular formula is C11H23NO. The molecule has 2 N–H and O–H groups in total. The summed E-state index contributed by atoms with van der Waals surface area (Å²) in [6, 6.07) is 0. The van der Waals surface area contributed by atoms with Gasteiger partial charge in [-0.15, -0.1) is 0 Å². The largest absolute Gasteiger partial charge is 0.389 e. The van der Waals surface area contributed by atoms with E-state index in [4.69, 9.17) is 0 Å². The quantitative estimate of drug-likeness (QED) is 0.705. The molecular weight excluding hydrogens is 162 g/mol. The molecule has 1 aliphatic carbocycles. The third-order valence-electron chi connectivity index (χ3n) is 2.99. The smallest absolute Gasteiger partial charge is 0.0771 e. The summed E-state index contributed by atoms with van der Waals surface area (Å²) in [7, 11) is 0. The molecule has 0 radical (unpaired) electrons. The first-order valence-electron chi connectivity index (χ1n) is 5.70. The van der Waals surface area contributed by atoms with E-state index in [1.807, 2.05) is 0 Å². The lowest BCUT2D eigenvalue weighted by Gasteiger charge is -2.30. The summed E-state index contributed by atoms with van der Waals surface area (Å²) < 4.78 is 0. The third-order valence-corrected chi connectivity index (χ3v) is 2.99. The maximum absolute atomic E-state index is 10.2. The average Bonchev–Trinajstić information content (AvgIpc) is 2.09. The van der Waals surface area contributed by atoms with Crippen LogP contribution >= 0.6 is 0 Å². The zero-order valence-electron chi connectivity index (χ0n) is 8.81. The summed E-state index contributed by atoms with van der Waals surface area (Å²) in [5.74, 6) is 0. The van der Waals surface area contributed by atoms with Crippen molar-refractivity contribution in [2.24, 2.45) is 0 Å². The summed E-state index contributed by atoms with van der Waals surface area (Å²) >= 11 is 0. The number of hydrogen-bond donors (Lipinski definition) is 2. The van der Waals surface area contributed by atoms with Crippen LogP contribution < -0.4 is 5.32 Å². The lowest BCUT2D eigenvalue weighted by Crippen LogP contribution is -2.41. The molecule has 1 fully saturated rings. The molecule has 2 heteroatoms. The van der Waals surface area contributed by atoms with Gasteiger partial charge in [-0.1, -0.05) is 39.0 Å². The second kappa shape index (κ2) is 5.61. The highest BCUT2D eigenvalue weighted by molar-refractivity contribution is 4.82. The summed E-state index contributed by atoms with van der Waals surface area (Å²) in [6.07, 6.45) is 8.32. The van der Waals surface area contributed by atoms with Crippen LogP contribution in [0.15, 0.2) is 0 Å². The van der Waals surface area contributed by atoms with E-state index in [0.29, 0.717) is 0 Å². The Morgan fingerprint density at radius 3 is 2.15 bits per heavy atom.